The first-order valence-corrected chi connectivity index (χ1v) is 17.7. The number of rotatable bonds is 15. The standard InChI is InChI=1S/C44H57N3O6/c1-29(2)32-17-14-20-35(23-32)41(7,8)45-38(48)51-26-44(13,27-52-39(49)46-42(9,10)36-21-15-18-33(24-36)30(3)4)28-53-40(50)47-43(11,12)37-22-16-19-34(25-37)31(5)6/h14-25H,1,3,5,26-28H2,2,4,6-13H3,(H,45,48)(H,46,49)(H,47,50). The summed E-state index contributed by atoms with van der Waals surface area (Å²) in [5, 5.41) is 8.76. The highest BCUT2D eigenvalue weighted by molar-refractivity contribution is 5.71. The average molecular weight is 724 g/mol. The maximum atomic E-state index is 13.2. The van der Waals surface area contributed by atoms with Crippen molar-refractivity contribution in [2.75, 3.05) is 19.8 Å². The van der Waals surface area contributed by atoms with Crippen LogP contribution < -0.4 is 16.0 Å². The summed E-state index contributed by atoms with van der Waals surface area (Å²) in [5.41, 5.74) is 4.71. The Morgan fingerprint density at radius 1 is 0.491 bits per heavy atom. The largest absolute Gasteiger partial charge is 0.449 e. The Kier molecular flexibility index (Phi) is 13.5. The van der Waals surface area contributed by atoms with Crippen molar-refractivity contribution >= 4 is 35.0 Å². The first-order valence-electron chi connectivity index (χ1n) is 17.7. The Morgan fingerprint density at radius 3 is 0.962 bits per heavy atom. The highest BCUT2D eigenvalue weighted by atomic mass is 16.6. The molecule has 0 aliphatic rings. The zero-order valence-electron chi connectivity index (χ0n) is 33.1. The number of amides is 3. The molecule has 0 aliphatic carbocycles. The number of ether oxygens (including phenoxy) is 3. The maximum Gasteiger partial charge on any atom is 0.407 e. The van der Waals surface area contributed by atoms with Crippen LogP contribution in [0.5, 0.6) is 0 Å². The Hall–Kier alpha value is -5.31. The second-order valence-electron chi connectivity index (χ2n) is 15.9. The van der Waals surface area contributed by atoms with E-state index in [0.717, 1.165) is 50.1 Å². The maximum absolute atomic E-state index is 13.2. The van der Waals surface area contributed by atoms with Crippen molar-refractivity contribution in [2.24, 2.45) is 5.41 Å². The lowest BCUT2D eigenvalue weighted by Gasteiger charge is -2.32. The molecule has 0 spiro atoms. The lowest BCUT2D eigenvalue weighted by Crippen LogP contribution is -2.46. The van der Waals surface area contributed by atoms with Crippen LogP contribution in [0.15, 0.2) is 92.5 Å². The second-order valence-corrected chi connectivity index (χ2v) is 15.9. The summed E-state index contributed by atoms with van der Waals surface area (Å²) in [6.07, 6.45) is -2.06. The van der Waals surface area contributed by atoms with Gasteiger partial charge in [-0.2, -0.15) is 0 Å². The third kappa shape index (κ3) is 12.1. The van der Waals surface area contributed by atoms with Gasteiger partial charge < -0.3 is 30.2 Å². The van der Waals surface area contributed by atoms with Crippen molar-refractivity contribution in [2.45, 2.75) is 85.9 Å². The number of allylic oxidation sites excluding steroid dienone is 3. The molecule has 0 saturated carbocycles. The van der Waals surface area contributed by atoms with E-state index in [4.69, 9.17) is 14.2 Å². The van der Waals surface area contributed by atoms with Gasteiger partial charge in [-0.25, -0.2) is 14.4 Å². The van der Waals surface area contributed by atoms with Crippen molar-refractivity contribution in [3.05, 3.63) is 126 Å². The molecule has 3 aromatic rings. The van der Waals surface area contributed by atoms with Gasteiger partial charge in [0, 0.05) is 0 Å². The SMILES string of the molecule is C=C(C)c1cccc(C(C)(C)NC(=O)OCC(C)(COC(=O)NC(C)(C)c2cccc(C(=C)C)c2)COC(=O)NC(C)(C)c2cccc(C(=C)C)c2)c1. The molecule has 0 fully saturated rings. The third-order valence-corrected chi connectivity index (χ3v) is 9.13. The van der Waals surface area contributed by atoms with Crippen molar-refractivity contribution < 1.29 is 28.6 Å². The molecule has 0 aliphatic heterocycles. The summed E-state index contributed by atoms with van der Waals surface area (Å²) in [7, 11) is 0. The number of alkyl carbamates (subject to hydrolysis) is 3. The fourth-order valence-electron chi connectivity index (χ4n) is 5.45. The number of benzene rings is 3. The molecule has 3 N–H and O–H groups in total. The smallest absolute Gasteiger partial charge is 0.407 e. The summed E-state index contributed by atoms with van der Waals surface area (Å²) in [4.78, 5) is 39.6. The molecule has 0 aromatic heterocycles. The van der Waals surface area contributed by atoms with Crippen molar-refractivity contribution in [1.29, 1.82) is 0 Å². The molecular weight excluding hydrogens is 666 g/mol. The fraction of sp³-hybridized carbons (Fsp3) is 0.386. The van der Waals surface area contributed by atoms with E-state index in [1.54, 1.807) is 6.92 Å². The topological polar surface area (TPSA) is 115 Å². The number of nitrogens with one attached hydrogen (secondary N) is 3. The summed E-state index contributed by atoms with van der Waals surface area (Å²) >= 11 is 0. The average Bonchev–Trinajstić information content (AvgIpc) is 3.08. The monoisotopic (exact) mass is 723 g/mol. The summed E-state index contributed by atoms with van der Waals surface area (Å²) in [6, 6.07) is 23.3. The molecule has 3 aromatic carbocycles. The fourth-order valence-corrected chi connectivity index (χ4v) is 5.45. The Morgan fingerprint density at radius 2 is 0.736 bits per heavy atom. The van der Waals surface area contributed by atoms with Gasteiger partial charge in [0.1, 0.15) is 19.8 Å². The van der Waals surface area contributed by atoms with Crippen LogP contribution in [0.2, 0.25) is 0 Å². The van der Waals surface area contributed by atoms with E-state index in [-0.39, 0.29) is 19.8 Å². The zero-order valence-corrected chi connectivity index (χ0v) is 33.1. The van der Waals surface area contributed by atoms with E-state index in [1.807, 2.05) is 135 Å². The van der Waals surface area contributed by atoms with Gasteiger partial charge in [-0.15, -0.1) is 0 Å². The van der Waals surface area contributed by atoms with E-state index in [2.05, 4.69) is 35.7 Å². The minimum Gasteiger partial charge on any atom is -0.449 e. The van der Waals surface area contributed by atoms with Crippen LogP contribution in [0.25, 0.3) is 16.7 Å². The number of hydrogen-bond donors (Lipinski definition) is 3. The lowest BCUT2D eigenvalue weighted by molar-refractivity contribution is -0.00792. The second kappa shape index (κ2) is 17.0. The number of carbonyl (C=O) groups is 3. The van der Waals surface area contributed by atoms with Crippen molar-refractivity contribution in [3.63, 3.8) is 0 Å². The van der Waals surface area contributed by atoms with Gasteiger partial charge in [0.25, 0.3) is 0 Å². The highest BCUT2D eigenvalue weighted by Gasteiger charge is 2.34. The molecule has 3 rings (SSSR count). The van der Waals surface area contributed by atoms with E-state index in [1.165, 1.54) is 0 Å². The normalized spacial score (nSPS) is 11.9. The van der Waals surface area contributed by atoms with Gasteiger partial charge in [-0.05, 0) is 121 Å². The molecule has 0 saturated heterocycles. The van der Waals surface area contributed by atoms with E-state index in [0.29, 0.717) is 0 Å². The molecule has 0 unspecified atom stereocenters. The van der Waals surface area contributed by atoms with Crippen molar-refractivity contribution in [3.8, 4) is 0 Å². The van der Waals surface area contributed by atoms with Crippen LogP contribution in [-0.2, 0) is 30.8 Å². The molecule has 0 bridgehead atoms. The van der Waals surface area contributed by atoms with E-state index < -0.39 is 40.3 Å². The van der Waals surface area contributed by atoms with Crippen molar-refractivity contribution in [1.82, 2.24) is 16.0 Å². The predicted molar refractivity (Wildman–Crippen MR) is 214 cm³/mol. The zero-order chi connectivity index (χ0) is 39.8. The molecule has 9 heteroatoms. The van der Waals surface area contributed by atoms with Gasteiger partial charge in [0.15, 0.2) is 0 Å². The van der Waals surface area contributed by atoms with Crippen LogP contribution in [-0.4, -0.2) is 38.1 Å². The summed E-state index contributed by atoms with van der Waals surface area (Å²) < 4.78 is 17.1. The Balaban J connectivity index is 1.75. The number of carbonyl (C=O) groups excluding carboxylic acids is 3. The number of hydrogen-bond acceptors (Lipinski definition) is 6. The molecule has 284 valence electrons. The molecular formula is C44H57N3O6. The van der Waals surface area contributed by atoms with Gasteiger partial charge in [-0.1, -0.05) is 91.1 Å². The van der Waals surface area contributed by atoms with Crippen LogP contribution in [0.1, 0.15) is 103 Å². The van der Waals surface area contributed by atoms with Crippen LogP contribution in [0.3, 0.4) is 0 Å². The predicted octanol–water partition coefficient (Wildman–Crippen LogP) is 10.1. The van der Waals surface area contributed by atoms with Gasteiger partial charge >= 0.3 is 18.3 Å². The first kappa shape index (κ1) is 42.1. The lowest BCUT2D eigenvalue weighted by atomic mass is 9.91. The minimum atomic E-state index is -1.12. The van der Waals surface area contributed by atoms with Crippen LogP contribution in [0, 0.1) is 5.41 Å². The molecule has 9 nitrogen and oxygen atoms in total. The molecule has 3 amide bonds. The molecule has 0 heterocycles. The third-order valence-electron chi connectivity index (χ3n) is 9.13. The summed E-state index contributed by atoms with van der Waals surface area (Å²) in [6.45, 7) is 30.1. The van der Waals surface area contributed by atoms with Crippen LogP contribution >= 0.6 is 0 Å². The van der Waals surface area contributed by atoms with Crippen LogP contribution in [0.4, 0.5) is 14.4 Å². The Labute approximate surface area is 315 Å². The summed E-state index contributed by atoms with van der Waals surface area (Å²) in [5.74, 6) is 0. The molecule has 0 radical (unpaired) electrons. The Bertz CT molecular complexity index is 1640. The highest BCUT2D eigenvalue weighted by Crippen LogP contribution is 2.28. The molecule has 0 atom stereocenters. The minimum absolute atomic E-state index is 0.227. The van der Waals surface area contributed by atoms with E-state index in [9.17, 15) is 14.4 Å². The van der Waals surface area contributed by atoms with Gasteiger partial charge in [0.05, 0.1) is 22.0 Å². The quantitative estimate of drug-likeness (QED) is 0.135. The van der Waals surface area contributed by atoms with Gasteiger partial charge in [0.2, 0.25) is 0 Å². The van der Waals surface area contributed by atoms with Gasteiger partial charge in [-0.3, -0.25) is 0 Å². The van der Waals surface area contributed by atoms with E-state index >= 15 is 0 Å². The molecule has 53 heavy (non-hydrogen) atoms. The first-order chi connectivity index (χ1) is 24.5.